The van der Waals surface area contributed by atoms with Gasteiger partial charge in [0.15, 0.2) is 0 Å². The van der Waals surface area contributed by atoms with Gasteiger partial charge in [-0.15, -0.1) is 0 Å². The lowest BCUT2D eigenvalue weighted by Crippen LogP contribution is -2.35. The molecule has 4 heteroatoms. The van der Waals surface area contributed by atoms with Gasteiger partial charge in [-0.25, -0.2) is 0 Å². The van der Waals surface area contributed by atoms with Gasteiger partial charge >= 0.3 is 0 Å². The normalized spacial score (nSPS) is 21.9. The van der Waals surface area contributed by atoms with E-state index in [0.717, 1.165) is 45.0 Å². The van der Waals surface area contributed by atoms with Crippen molar-refractivity contribution in [2.45, 2.75) is 58.8 Å². The molecule has 1 saturated heterocycles. The van der Waals surface area contributed by atoms with Gasteiger partial charge in [0.2, 0.25) is 0 Å². The van der Waals surface area contributed by atoms with Crippen LogP contribution in [-0.2, 0) is 17.8 Å². The predicted molar refractivity (Wildman–Crippen MR) is 80.6 cm³/mol. The molecule has 1 aromatic rings. The van der Waals surface area contributed by atoms with Gasteiger partial charge in [-0.05, 0) is 40.2 Å². The van der Waals surface area contributed by atoms with E-state index in [9.17, 15) is 0 Å². The van der Waals surface area contributed by atoms with E-state index in [-0.39, 0.29) is 5.54 Å². The average Bonchev–Trinajstić information content (AvgIpc) is 2.68. The third kappa shape index (κ3) is 4.93. The molecular weight excluding hydrogens is 252 g/mol. The van der Waals surface area contributed by atoms with Crippen LogP contribution in [0.25, 0.3) is 0 Å². The standard InChI is InChI=1S/C16H28N2O2/c1-13-11-18(7-5-8-19-13)12-15-14(6-9-20-15)10-17-16(2,3)4/h6,9,13,17H,5,7-8,10-12H2,1-4H3. The highest BCUT2D eigenvalue weighted by Gasteiger charge is 2.18. The molecule has 0 aromatic carbocycles. The van der Waals surface area contributed by atoms with Crippen LogP contribution in [0.4, 0.5) is 0 Å². The summed E-state index contributed by atoms with van der Waals surface area (Å²) in [5.41, 5.74) is 1.39. The predicted octanol–water partition coefficient (Wildman–Crippen LogP) is 2.78. The monoisotopic (exact) mass is 280 g/mol. The lowest BCUT2D eigenvalue weighted by atomic mass is 10.1. The maximum absolute atomic E-state index is 5.69. The molecule has 1 N–H and O–H groups in total. The molecule has 0 spiro atoms. The molecule has 1 atom stereocenters. The molecule has 1 aliphatic heterocycles. The number of rotatable bonds is 4. The van der Waals surface area contributed by atoms with Crippen molar-refractivity contribution in [1.82, 2.24) is 10.2 Å². The van der Waals surface area contributed by atoms with Crippen molar-refractivity contribution >= 4 is 0 Å². The Morgan fingerprint density at radius 2 is 2.20 bits per heavy atom. The Morgan fingerprint density at radius 3 is 2.95 bits per heavy atom. The second-order valence-electron chi connectivity index (χ2n) is 6.74. The van der Waals surface area contributed by atoms with Crippen LogP contribution in [0.3, 0.4) is 0 Å². The van der Waals surface area contributed by atoms with E-state index in [1.54, 1.807) is 6.26 Å². The van der Waals surface area contributed by atoms with E-state index in [1.807, 2.05) is 0 Å². The Kier molecular flexibility index (Phi) is 5.24. The first kappa shape index (κ1) is 15.5. The Bertz CT molecular complexity index is 409. The fraction of sp³-hybridized carbons (Fsp3) is 0.750. The smallest absolute Gasteiger partial charge is 0.122 e. The van der Waals surface area contributed by atoms with Crippen molar-refractivity contribution < 1.29 is 9.15 Å². The molecule has 0 amide bonds. The summed E-state index contributed by atoms with van der Waals surface area (Å²) in [7, 11) is 0. The van der Waals surface area contributed by atoms with Gasteiger partial charge in [0.05, 0.1) is 18.9 Å². The van der Waals surface area contributed by atoms with Gasteiger partial charge in [0.25, 0.3) is 0 Å². The molecule has 1 fully saturated rings. The molecule has 20 heavy (non-hydrogen) atoms. The van der Waals surface area contributed by atoms with Crippen molar-refractivity contribution in [2.75, 3.05) is 19.7 Å². The molecule has 1 aliphatic rings. The minimum Gasteiger partial charge on any atom is -0.468 e. The van der Waals surface area contributed by atoms with Gasteiger partial charge < -0.3 is 14.5 Å². The fourth-order valence-electron chi connectivity index (χ4n) is 2.45. The third-order valence-corrected chi connectivity index (χ3v) is 3.55. The van der Waals surface area contributed by atoms with E-state index in [1.165, 1.54) is 5.56 Å². The Balaban J connectivity index is 1.93. The highest BCUT2D eigenvalue weighted by atomic mass is 16.5. The van der Waals surface area contributed by atoms with Crippen molar-refractivity contribution in [2.24, 2.45) is 0 Å². The van der Waals surface area contributed by atoms with Crippen LogP contribution in [0.1, 0.15) is 45.4 Å². The number of hydrogen-bond donors (Lipinski definition) is 1. The first-order chi connectivity index (χ1) is 9.44. The summed E-state index contributed by atoms with van der Waals surface area (Å²) < 4.78 is 11.4. The van der Waals surface area contributed by atoms with Crippen LogP contribution in [-0.4, -0.2) is 36.2 Å². The molecular formula is C16H28N2O2. The molecule has 4 nitrogen and oxygen atoms in total. The fourth-order valence-corrected chi connectivity index (χ4v) is 2.45. The number of nitrogens with zero attached hydrogens (tertiary/aromatic N) is 1. The first-order valence-corrected chi connectivity index (χ1v) is 7.58. The second kappa shape index (κ2) is 6.74. The maximum atomic E-state index is 5.69. The van der Waals surface area contributed by atoms with Crippen LogP contribution in [0.2, 0.25) is 0 Å². The van der Waals surface area contributed by atoms with E-state index in [2.05, 4.69) is 44.0 Å². The summed E-state index contributed by atoms with van der Waals surface area (Å²) in [6.07, 6.45) is 3.21. The number of nitrogens with one attached hydrogen (secondary N) is 1. The van der Waals surface area contributed by atoms with E-state index in [4.69, 9.17) is 9.15 Å². The zero-order chi connectivity index (χ0) is 14.6. The molecule has 114 valence electrons. The van der Waals surface area contributed by atoms with E-state index < -0.39 is 0 Å². The second-order valence-corrected chi connectivity index (χ2v) is 6.74. The molecule has 2 heterocycles. The lowest BCUT2D eigenvalue weighted by Gasteiger charge is -2.23. The topological polar surface area (TPSA) is 37.6 Å². The minimum absolute atomic E-state index is 0.125. The Morgan fingerprint density at radius 1 is 1.40 bits per heavy atom. The Hall–Kier alpha value is -0.840. The van der Waals surface area contributed by atoms with Crippen LogP contribution in [0, 0.1) is 0 Å². The van der Waals surface area contributed by atoms with E-state index in [0.29, 0.717) is 6.10 Å². The summed E-state index contributed by atoms with van der Waals surface area (Å²) in [6, 6.07) is 2.08. The van der Waals surface area contributed by atoms with Crippen LogP contribution < -0.4 is 5.32 Å². The zero-order valence-corrected chi connectivity index (χ0v) is 13.2. The van der Waals surface area contributed by atoms with Crippen molar-refractivity contribution in [3.05, 3.63) is 23.7 Å². The van der Waals surface area contributed by atoms with Crippen molar-refractivity contribution in [1.29, 1.82) is 0 Å². The SMILES string of the molecule is CC1CN(Cc2occc2CNC(C)(C)C)CCCO1. The largest absolute Gasteiger partial charge is 0.468 e. The molecule has 0 bridgehead atoms. The molecule has 1 aromatic heterocycles. The minimum atomic E-state index is 0.125. The number of furan rings is 1. The van der Waals surface area contributed by atoms with Crippen LogP contribution in [0.15, 0.2) is 16.7 Å². The van der Waals surface area contributed by atoms with Crippen LogP contribution in [0.5, 0.6) is 0 Å². The summed E-state index contributed by atoms with van der Waals surface area (Å²) in [4.78, 5) is 2.43. The van der Waals surface area contributed by atoms with Crippen LogP contribution >= 0.6 is 0 Å². The average molecular weight is 280 g/mol. The summed E-state index contributed by atoms with van der Waals surface area (Å²) >= 11 is 0. The molecule has 1 unspecified atom stereocenters. The summed E-state index contributed by atoms with van der Waals surface area (Å²) in [5, 5.41) is 3.52. The third-order valence-electron chi connectivity index (χ3n) is 3.55. The zero-order valence-electron chi connectivity index (χ0n) is 13.2. The number of hydrogen-bond acceptors (Lipinski definition) is 4. The maximum Gasteiger partial charge on any atom is 0.122 e. The molecule has 2 rings (SSSR count). The quantitative estimate of drug-likeness (QED) is 0.920. The van der Waals surface area contributed by atoms with Crippen molar-refractivity contribution in [3.63, 3.8) is 0 Å². The molecule has 0 radical (unpaired) electrons. The van der Waals surface area contributed by atoms with Crippen molar-refractivity contribution in [3.8, 4) is 0 Å². The summed E-state index contributed by atoms with van der Waals surface area (Å²) in [6.45, 7) is 13.3. The molecule has 0 aliphatic carbocycles. The summed E-state index contributed by atoms with van der Waals surface area (Å²) in [5.74, 6) is 1.08. The highest BCUT2D eigenvalue weighted by molar-refractivity contribution is 5.17. The molecule has 0 saturated carbocycles. The van der Waals surface area contributed by atoms with Gasteiger partial charge in [-0.2, -0.15) is 0 Å². The van der Waals surface area contributed by atoms with Gasteiger partial charge in [-0.1, -0.05) is 0 Å². The lowest BCUT2D eigenvalue weighted by molar-refractivity contribution is 0.0658. The Labute approximate surface area is 122 Å². The first-order valence-electron chi connectivity index (χ1n) is 7.58. The van der Waals surface area contributed by atoms with Gasteiger partial charge in [-0.3, -0.25) is 4.90 Å². The van der Waals surface area contributed by atoms with Gasteiger partial charge in [0, 0.05) is 37.3 Å². The van der Waals surface area contributed by atoms with Gasteiger partial charge in [0.1, 0.15) is 5.76 Å². The van der Waals surface area contributed by atoms with E-state index >= 15 is 0 Å². The highest BCUT2D eigenvalue weighted by Crippen LogP contribution is 2.16. The number of ether oxygens (including phenoxy) is 1.